The zero-order chi connectivity index (χ0) is 4.50. The van der Waals surface area contributed by atoms with Gasteiger partial charge in [0, 0.05) is 0 Å². The van der Waals surface area contributed by atoms with Gasteiger partial charge in [-0.3, -0.25) is 0 Å². The van der Waals surface area contributed by atoms with Crippen molar-refractivity contribution < 1.29 is 66.1 Å². The maximum Gasteiger partial charge on any atom is 1.00 e. The molecule has 0 saturated carbocycles. The van der Waals surface area contributed by atoms with Crippen molar-refractivity contribution in [3.8, 4) is 0 Å². The van der Waals surface area contributed by atoms with Gasteiger partial charge in [-0.15, -0.1) is 0 Å². The molecule has 0 rings (SSSR count). The third kappa shape index (κ3) is 35.1. The summed E-state index contributed by atoms with van der Waals surface area (Å²) < 4.78 is 0. The quantitative estimate of drug-likeness (QED) is 0.271. The van der Waals surface area contributed by atoms with Crippen molar-refractivity contribution in [3.05, 3.63) is 0 Å². The molecule has 0 amide bonds. The molecule has 32 valence electrons. The second-order valence-corrected chi connectivity index (χ2v) is 2.90. The first-order valence-electron chi connectivity index (χ1n) is 0.765. The minimum absolute atomic E-state index is 0. The van der Waals surface area contributed by atoms with E-state index in [9.17, 15) is 0 Å². The van der Waals surface area contributed by atoms with Crippen LogP contribution in [0.15, 0.2) is 0 Å². The predicted molar refractivity (Wildman–Crippen MR) is 18.7 cm³/mol. The van der Waals surface area contributed by atoms with Crippen LogP contribution >= 0.6 is 6.72 Å². The van der Waals surface area contributed by atoms with Gasteiger partial charge in [0.05, 0.1) is 0 Å². The van der Waals surface area contributed by atoms with Crippen LogP contribution in [0.2, 0.25) is 0 Å². The molecule has 0 spiro atoms. The first-order valence-corrected chi connectivity index (χ1v) is 3.39. The Hall–Kier alpha value is 2.17. The zero-order valence-corrected chi connectivity index (χ0v) is 7.99. The van der Waals surface area contributed by atoms with E-state index in [1.165, 1.54) is 0 Å². The molecule has 0 radical (unpaired) electrons. The maximum atomic E-state index is 9.14. The Labute approximate surface area is 83.1 Å². The molecule has 0 heterocycles. The molecule has 0 aliphatic rings. The van der Waals surface area contributed by atoms with Crippen molar-refractivity contribution in [2.45, 2.75) is 0 Å². The molecule has 2 N–H and O–H groups in total. The van der Waals surface area contributed by atoms with E-state index in [0.29, 0.717) is 0 Å². The third-order valence-corrected chi connectivity index (χ3v) is 0. The Morgan fingerprint density at radius 2 is 1.50 bits per heavy atom. The molecule has 0 aromatic heterocycles. The van der Waals surface area contributed by atoms with E-state index in [1.54, 1.807) is 0 Å². The van der Waals surface area contributed by atoms with Crippen LogP contribution in [0.4, 0.5) is 0 Å². The smallest absolute Gasteiger partial charge is 0.780 e. The minimum atomic E-state index is -4.06. The molecule has 0 bridgehead atoms. The molecule has 3 nitrogen and oxygen atoms in total. The summed E-state index contributed by atoms with van der Waals surface area (Å²) >= 11 is 3.49. The fraction of sp³-hybridized carbons (Fsp3) is 0. The van der Waals surface area contributed by atoms with E-state index in [-0.39, 0.29) is 51.4 Å². The SMILES string of the molecule is [K+].[O-]P(O)(O)=S. The second kappa shape index (κ2) is 4.09. The normalized spacial score (nSPS) is 9.83. The number of rotatable bonds is 0. The minimum Gasteiger partial charge on any atom is -0.780 e. The molecule has 0 aliphatic heterocycles. The second-order valence-electron chi connectivity index (χ2n) is 0.491. The molecule has 6 heteroatoms. The van der Waals surface area contributed by atoms with Gasteiger partial charge in [0.1, 0.15) is 6.72 Å². The average molecular weight is 152 g/mol. The molecule has 0 atom stereocenters. The van der Waals surface area contributed by atoms with Crippen LogP contribution in [0, 0.1) is 0 Å². The van der Waals surface area contributed by atoms with Gasteiger partial charge in [0.2, 0.25) is 0 Å². The first-order chi connectivity index (χ1) is 2.00. The monoisotopic (exact) mass is 152 g/mol. The van der Waals surface area contributed by atoms with E-state index in [1.807, 2.05) is 0 Å². The zero-order valence-electron chi connectivity index (χ0n) is 3.16. The fourth-order valence-electron chi connectivity index (χ4n) is 0. The molecule has 0 aromatic carbocycles. The predicted octanol–water partition coefficient (Wildman–Crippen LogP) is -4.44. The van der Waals surface area contributed by atoms with Gasteiger partial charge in [-0.2, -0.15) is 0 Å². The Morgan fingerprint density at radius 3 is 1.50 bits per heavy atom. The van der Waals surface area contributed by atoms with Gasteiger partial charge in [-0.05, 0) is 0 Å². The van der Waals surface area contributed by atoms with E-state index in [0.717, 1.165) is 0 Å². The summed E-state index contributed by atoms with van der Waals surface area (Å²) in [6, 6.07) is 0. The van der Waals surface area contributed by atoms with Crippen molar-refractivity contribution in [1.82, 2.24) is 0 Å². The fourth-order valence-corrected chi connectivity index (χ4v) is 0. The average Bonchev–Trinajstić information content (AvgIpc) is 0.722. The topological polar surface area (TPSA) is 63.5 Å². The van der Waals surface area contributed by atoms with E-state index in [2.05, 4.69) is 11.8 Å². The molecule has 0 fully saturated rings. The van der Waals surface area contributed by atoms with Crippen molar-refractivity contribution in [2.24, 2.45) is 0 Å². The molecular formula is H2KO3PS. The summed E-state index contributed by atoms with van der Waals surface area (Å²) in [6.45, 7) is -4.06. The van der Waals surface area contributed by atoms with Crippen LogP contribution in [-0.4, -0.2) is 9.79 Å². The van der Waals surface area contributed by atoms with Gasteiger partial charge < -0.3 is 14.7 Å². The summed E-state index contributed by atoms with van der Waals surface area (Å²) in [5.41, 5.74) is 0. The Morgan fingerprint density at radius 1 is 1.50 bits per heavy atom. The van der Waals surface area contributed by atoms with Crippen LogP contribution in [0.1, 0.15) is 0 Å². The standard InChI is InChI=1S/K.H3O3PS/c;1-4(2,3)5/h;(H3,1,2,3,5)/q+1;/p-1. The van der Waals surface area contributed by atoms with Gasteiger partial charge in [0.15, 0.2) is 0 Å². The van der Waals surface area contributed by atoms with Crippen LogP contribution in [0.25, 0.3) is 0 Å². The van der Waals surface area contributed by atoms with Crippen LogP contribution in [0.5, 0.6) is 0 Å². The van der Waals surface area contributed by atoms with Gasteiger partial charge >= 0.3 is 51.4 Å². The van der Waals surface area contributed by atoms with Crippen LogP contribution < -0.4 is 56.3 Å². The Bertz CT molecular complexity index is 56.9. The third-order valence-electron chi connectivity index (χ3n) is 0. The molecule has 0 saturated heterocycles. The Balaban J connectivity index is 0. The first kappa shape index (κ1) is 11.0. The molecule has 0 aliphatic carbocycles. The van der Waals surface area contributed by atoms with Crippen LogP contribution in [0.3, 0.4) is 0 Å². The number of hydrogen-bond acceptors (Lipinski definition) is 2. The molecule has 0 unspecified atom stereocenters. The number of hydrogen-bond donors (Lipinski definition) is 2. The molecular weight excluding hydrogens is 150 g/mol. The van der Waals surface area contributed by atoms with Gasteiger partial charge in [0.25, 0.3) is 0 Å². The molecule has 6 heavy (non-hydrogen) atoms. The van der Waals surface area contributed by atoms with Crippen molar-refractivity contribution in [2.75, 3.05) is 0 Å². The molecule has 0 aromatic rings. The summed E-state index contributed by atoms with van der Waals surface area (Å²) in [5, 5.41) is 0. The van der Waals surface area contributed by atoms with Gasteiger partial charge in [-0.1, -0.05) is 11.8 Å². The van der Waals surface area contributed by atoms with E-state index < -0.39 is 6.72 Å². The van der Waals surface area contributed by atoms with Crippen molar-refractivity contribution in [1.29, 1.82) is 0 Å². The van der Waals surface area contributed by atoms with E-state index >= 15 is 0 Å². The van der Waals surface area contributed by atoms with E-state index in [4.69, 9.17) is 14.7 Å². The Kier molecular flexibility index (Phi) is 7.51. The summed E-state index contributed by atoms with van der Waals surface area (Å²) in [7, 11) is 0. The van der Waals surface area contributed by atoms with Gasteiger partial charge in [-0.25, -0.2) is 0 Å². The summed E-state index contributed by atoms with van der Waals surface area (Å²) in [5.74, 6) is 0. The van der Waals surface area contributed by atoms with Crippen molar-refractivity contribution >= 4 is 18.5 Å². The largest absolute Gasteiger partial charge is 1.00 e. The van der Waals surface area contributed by atoms with Crippen LogP contribution in [-0.2, 0) is 11.8 Å². The summed E-state index contributed by atoms with van der Waals surface area (Å²) in [4.78, 5) is 24.0. The van der Waals surface area contributed by atoms with Crippen molar-refractivity contribution in [3.63, 3.8) is 0 Å². The maximum absolute atomic E-state index is 9.14. The summed E-state index contributed by atoms with van der Waals surface area (Å²) in [6.07, 6.45) is 0.